The average molecular weight is 277 g/mol. The van der Waals surface area contributed by atoms with Crippen LogP contribution in [-0.2, 0) is 0 Å². The minimum absolute atomic E-state index is 0.563. The average Bonchev–Trinajstić information content (AvgIpc) is 2.47. The van der Waals surface area contributed by atoms with Crippen molar-refractivity contribution >= 4 is 5.69 Å². The molecule has 2 unspecified atom stereocenters. The van der Waals surface area contributed by atoms with Crippen molar-refractivity contribution in [2.75, 3.05) is 19.5 Å². The van der Waals surface area contributed by atoms with Crippen molar-refractivity contribution in [2.45, 2.75) is 45.6 Å². The molecule has 20 heavy (non-hydrogen) atoms. The summed E-state index contributed by atoms with van der Waals surface area (Å²) >= 11 is 0. The molecule has 1 saturated carbocycles. The van der Waals surface area contributed by atoms with Crippen LogP contribution in [0, 0.1) is 11.8 Å². The van der Waals surface area contributed by atoms with Crippen LogP contribution in [-0.4, -0.2) is 20.3 Å². The molecule has 0 spiro atoms. The van der Waals surface area contributed by atoms with Gasteiger partial charge in [-0.05, 0) is 24.7 Å². The summed E-state index contributed by atoms with van der Waals surface area (Å²) in [5, 5.41) is 3.66. The molecule has 0 amide bonds. The van der Waals surface area contributed by atoms with Gasteiger partial charge in [0.1, 0.15) is 11.5 Å². The molecule has 1 aromatic rings. The molecule has 3 nitrogen and oxygen atoms in total. The van der Waals surface area contributed by atoms with Gasteiger partial charge in [0.05, 0.1) is 14.2 Å². The third kappa shape index (κ3) is 3.81. The smallest absolute Gasteiger partial charge is 0.124 e. The molecule has 3 heteroatoms. The highest BCUT2D eigenvalue weighted by Gasteiger charge is 2.24. The molecular weight excluding hydrogens is 250 g/mol. The van der Waals surface area contributed by atoms with Gasteiger partial charge in [0.2, 0.25) is 0 Å². The van der Waals surface area contributed by atoms with Gasteiger partial charge in [0.15, 0.2) is 0 Å². The predicted molar refractivity (Wildman–Crippen MR) is 83.8 cm³/mol. The molecule has 2 atom stereocenters. The van der Waals surface area contributed by atoms with Crippen molar-refractivity contribution in [3.8, 4) is 11.5 Å². The quantitative estimate of drug-likeness (QED) is 0.869. The first-order valence-corrected chi connectivity index (χ1v) is 7.62. The van der Waals surface area contributed by atoms with Crippen LogP contribution >= 0.6 is 0 Å². The zero-order valence-corrected chi connectivity index (χ0v) is 13.1. The van der Waals surface area contributed by atoms with E-state index in [1.165, 1.54) is 25.7 Å². The molecule has 0 aliphatic heterocycles. The van der Waals surface area contributed by atoms with Gasteiger partial charge in [0.25, 0.3) is 0 Å². The van der Waals surface area contributed by atoms with Gasteiger partial charge >= 0.3 is 0 Å². The van der Waals surface area contributed by atoms with Crippen LogP contribution in [0.1, 0.15) is 39.5 Å². The Morgan fingerprint density at radius 2 is 1.70 bits per heavy atom. The SMILES string of the molecule is COc1cc(NC2CCCC(C(C)C)C2)cc(OC)c1. The van der Waals surface area contributed by atoms with Crippen LogP contribution in [0.3, 0.4) is 0 Å². The summed E-state index contributed by atoms with van der Waals surface area (Å²) in [6, 6.07) is 6.55. The topological polar surface area (TPSA) is 30.5 Å². The van der Waals surface area contributed by atoms with E-state index < -0.39 is 0 Å². The molecule has 1 aromatic carbocycles. The number of hydrogen-bond acceptors (Lipinski definition) is 3. The standard InChI is InChI=1S/C17H27NO2/c1-12(2)13-6-5-7-14(8-13)18-15-9-16(19-3)11-17(10-15)20-4/h9-14,18H,5-8H2,1-4H3. The van der Waals surface area contributed by atoms with Crippen molar-refractivity contribution in [1.29, 1.82) is 0 Å². The number of benzene rings is 1. The normalized spacial score (nSPS) is 22.6. The molecule has 2 rings (SSSR count). The fourth-order valence-corrected chi connectivity index (χ4v) is 3.09. The second-order valence-electron chi connectivity index (χ2n) is 6.11. The summed E-state index contributed by atoms with van der Waals surface area (Å²) in [7, 11) is 3.38. The maximum atomic E-state index is 5.33. The van der Waals surface area contributed by atoms with Crippen molar-refractivity contribution in [1.82, 2.24) is 0 Å². The number of anilines is 1. The number of rotatable bonds is 5. The number of hydrogen-bond donors (Lipinski definition) is 1. The maximum absolute atomic E-state index is 5.33. The van der Waals surface area contributed by atoms with Crippen LogP contribution < -0.4 is 14.8 Å². The van der Waals surface area contributed by atoms with Crippen LogP contribution in [0.25, 0.3) is 0 Å². The summed E-state index contributed by atoms with van der Waals surface area (Å²) in [5.74, 6) is 3.29. The highest BCUT2D eigenvalue weighted by Crippen LogP contribution is 2.33. The lowest BCUT2D eigenvalue weighted by atomic mass is 9.79. The Kier molecular flexibility index (Phi) is 5.16. The molecule has 1 aliphatic rings. The summed E-state index contributed by atoms with van der Waals surface area (Å²) in [4.78, 5) is 0. The van der Waals surface area contributed by atoms with E-state index in [0.717, 1.165) is 29.0 Å². The van der Waals surface area contributed by atoms with Crippen LogP contribution in [0.2, 0.25) is 0 Å². The Labute approximate surface area is 122 Å². The predicted octanol–water partition coefficient (Wildman–Crippen LogP) is 4.33. The number of nitrogens with one attached hydrogen (secondary N) is 1. The van der Waals surface area contributed by atoms with Gasteiger partial charge in [-0.1, -0.05) is 26.7 Å². The zero-order chi connectivity index (χ0) is 14.5. The Bertz CT molecular complexity index is 409. The summed E-state index contributed by atoms with van der Waals surface area (Å²) in [6.45, 7) is 4.67. The van der Waals surface area contributed by atoms with E-state index >= 15 is 0 Å². The molecule has 1 fully saturated rings. The van der Waals surface area contributed by atoms with Crippen LogP contribution in [0.4, 0.5) is 5.69 Å². The lowest BCUT2D eigenvalue weighted by Gasteiger charge is -2.32. The second kappa shape index (κ2) is 6.87. The highest BCUT2D eigenvalue weighted by atomic mass is 16.5. The molecule has 1 N–H and O–H groups in total. The Morgan fingerprint density at radius 3 is 2.25 bits per heavy atom. The Hall–Kier alpha value is -1.38. The van der Waals surface area contributed by atoms with Crippen LogP contribution in [0.5, 0.6) is 11.5 Å². The number of ether oxygens (including phenoxy) is 2. The van der Waals surface area contributed by atoms with E-state index in [1.807, 2.05) is 18.2 Å². The molecule has 1 aliphatic carbocycles. The lowest BCUT2D eigenvalue weighted by Crippen LogP contribution is -2.29. The third-order valence-corrected chi connectivity index (χ3v) is 4.38. The van der Waals surface area contributed by atoms with E-state index in [0.29, 0.717) is 6.04 Å². The molecule has 0 bridgehead atoms. The van der Waals surface area contributed by atoms with E-state index in [2.05, 4.69) is 19.2 Å². The minimum atomic E-state index is 0.563. The van der Waals surface area contributed by atoms with Gasteiger partial charge in [-0.2, -0.15) is 0 Å². The summed E-state index contributed by atoms with van der Waals surface area (Å²) in [5.41, 5.74) is 1.09. The van der Waals surface area contributed by atoms with Gasteiger partial charge < -0.3 is 14.8 Å². The molecule has 112 valence electrons. The fourth-order valence-electron chi connectivity index (χ4n) is 3.09. The fraction of sp³-hybridized carbons (Fsp3) is 0.647. The molecule has 0 heterocycles. The first kappa shape index (κ1) is 15.0. The monoisotopic (exact) mass is 277 g/mol. The second-order valence-corrected chi connectivity index (χ2v) is 6.11. The first-order chi connectivity index (χ1) is 9.62. The Morgan fingerprint density at radius 1 is 1.05 bits per heavy atom. The molecule has 0 saturated heterocycles. The highest BCUT2D eigenvalue weighted by molar-refractivity contribution is 5.54. The molecular formula is C17H27NO2. The van der Waals surface area contributed by atoms with Crippen LogP contribution in [0.15, 0.2) is 18.2 Å². The molecule has 0 aromatic heterocycles. The van der Waals surface area contributed by atoms with E-state index in [9.17, 15) is 0 Å². The summed E-state index contributed by atoms with van der Waals surface area (Å²) in [6.07, 6.45) is 5.21. The minimum Gasteiger partial charge on any atom is -0.497 e. The largest absolute Gasteiger partial charge is 0.497 e. The third-order valence-electron chi connectivity index (χ3n) is 4.38. The van der Waals surface area contributed by atoms with Crippen molar-refractivity contribution in [3.63, 3.8) is 0 Å². The first-order valence-electron chi connectivity index (χ1n) is 7.62. The van der Waals surface area contributed by atoms with E-state index in [4.69, 9.17) is 9.47 Å². The van der Waals surface area contributed by atoms with E-state index in [1.54, 1.807) is 14.2 Å². The van der Waals surface area contributed by atoms with Gasteiger partial charge in [-0.15, -0.1) is 0 Å². The molecule has 0 radical (unpaired) electrons. The van der Waals surface area contributed by atoms with Crippen molar-refractivity contribution in [2.24, 2.45) is 11.8 Å². The number of methoxy groups -OCH3 is 2. The maximum Gasteiger partial charge on any atom is 0.124 e. The van der Waals surface area contributed by atoms with Gasteiger partial charge in [-0.3, -0.25) is 0 Å². The van der Waals surface area contributed by atoms with Gasteiger partial charge in [0, 0.05) is 29.9 Å². The van der Waals surface area contributed by atoms with Crippen molar-refractivity contribution in [3.05, 3.63) is 18.2 Å². The lowest BCUT2D eigenvalue weighted by molar-refractivity contribution is 0.264. The van der Waals surface area contributed by atoms with E-state index in [-0.39, 0.29) is 0 Å². The summed E-state index contributed by atoms with van der Waals surface area (Å²) < 4.78 is 10.7. The Balaban J connectivity index is 2.05. The zero-order valence-electron chi connectivity index (χ0n) is 13.1. The van der Waals surface area contributed by atoms with Crippen molar-refractivity contribution < 1.29 is 9.47 Å². The van der Waals surface area contributed by atoms with Gasteiger partial charge in [-0.25, -0.2) is 0 Å².